The molecule has 2 aliphatic rings. The number of amides is 1. The fourth-order valence-electron chi connectivity index (χ4n) is 3.71. The molecule has 0 bridgehead atoms. The van der Waals surface area contributed by atoms with Crippen LogP contribution in [0.2, 0.25) is 0 Å². The number of fused-ring (bicyclic) bond motifs is 1. The second-order valence-electron chi connectivity index (χ2n) is 6.90. The van der Waals surface area contributed by atoms with Crippen LogP contribution in [0.25, 0.3) is 0 Å². The van der Waals surface area contributed by atoms with Crippen LogP contribution < -0.4 is 0 Å². The third kappa shape index (κ3) is 3.28. The van der Waals surface area contributed by atoms with E-state index in [0.29, 0.717) is 0 Å². The molecule has 23 heavy (non-hydrogen) atoms. The second-order valence-corrected chi connectivity index (χ2v) is 6.90. The lowest BCUT2D eigenvalue weighted by molar-refractivity contribution is -0.00713. The lowest BCUT2D eigenvalue weighted by Gasteiger charge is -2.26. The Kier molecular flexibility index (Phi) is 4.73. The van der Waals surface area contributed by atoms with Crippen LogP contribution in [0.1, 0.15) is 54.5 Å². The van der Waals surface area contributed by atoms with Gasteiger partial charge in [0.25, 0.3) is 5.91 Å². The number of carbonyl (C=O) groups excluding carboxylic acids is 1. The van der Waals surface area contributed by atoms with Gasteiger partial charge >= 0.3 is 0 Å². The van der Waals surface area contributed by atoms with Gasteiger partial charge in [-0.05, 0) is 39.8 Å². The van der Waals surface area contributed by atoms with Crippen LogP contribution in [0, 0.1) is 0 Å². The first-order valence-electron chi connectivity index (χ1n) is 8.66. The van der Waals surface area contributed by atoms with Crippen molar-refractivity contribution in [1.82, 2.24) is 19.6 Å². The monoisotopic (exact) mass is 320 g/mol. The number of aryl methyl sites for hydroxylation is 1. The maximum absolute atomic E-state index is 12.9. The zero-order valence-corrected chi connectivity index (χ0v) is 14.7. The summed E-state index contributed by atoms with van der Waals surface area (Å²) >= 11 is 0. The molecule has 0 spiro atoms. The smallest absolute Gasteiger partial charge is 0.272 e. The summed E-state index contributed by atoms with van der Waals surface area (Å²) in [4.78, 5) is 17.2. The molecule has 0 aliphatic carbocycles. The van der Waals surface area contributed by atoms with Gasteiger partial charge in [0, 0.05) is 39.2 Å². The Morgan fingerprint density at radius 1 is 1.35 bits per heavy atom. The number of nitrogens with zero attached hydrogens (tertiary/aromatic N) is 4. The molecule has 0 radical (unpaired) electrons. The normalized spacial score (nSPS) is 24.7. The van der Waals surface area contributed by atoms with E-state index in [-0.39, 0.29) is 18.1 Å². The van der Waals surface area contributed by atoms with Gasteiger partial charge in [-0.25, -0.2) is 0 Å². The molecular formula is C17H28N4O2. The van der Waals surface area contributed by atoms with Crippen molar-refractivity contribution < 1.29 is 9.53 Å². The maximum Gasteiger partial charge on any atom is 0.272 e. The fourth-order valence-corrected chi connectivity index (χ4v) is 3.71. The first-order chi connectivity index (χ1) is 11.0. The molecular weight excluding hydrogens is 292 g/mol. The van der Waals surface area contributed by atoms with Gasteiger partial charge in [-0.1, -0.05) is 0 Å². The standard InChI is InChI=1S/C17H28N4O2/c1-12-11-14-15(13(2)23-12)18-20(4)16(14)17(22)19(3)9-10-21-7-5-6-8-21/h12-13H,5-11H2,1-4H3/t12-,13+/m1/s1. The number of ether oxygens (including phenoxy) is 1. The Morgan fingerprint density at radius 3 is 2.74 bits per heavy atom. The Morgan fingerprint density at radius 2 is 2.04 bits per heavy atom. The first kappa shape index (κ1) is 16.5. The fraction of sp³-hybridized carbons (Fsp3) is 0.765. The summed E-state index contributed by atoms with van der Waals surface area (Å²) in [5.74, 6) is 0.0711. The topological polar surface area (TPSA) is 50.6 Å². The lowest BCUT2D eigenvalue weighted by atomic mass is 9.99. The number of rotatable bonds is 4. The summed E-state index contributed by atoms with van der Waals surface area (Å²) in [5, 5.41) is 4.54. The highest BCUT2D eigenvalue weighted by Gasteiger charge is 2.32. The molecule has 6 heteroatoms. The summed E-state index contributed by atoms with van der Waals surface area (Å²) in [5.41, 5.74) is 2.71. The number of hydrogen-bond acceptors (Lipinski definition) is 4. The van der Waals surface area contributed by atoms with E-state index < -0.39 is 0 Å². The molecule has 0 aromatic carbocycles. The van der Waals surface area contributed by atoms with Crippen LogP contribution in [-0.4, -0.2) is 64.8 Å². The second kappa shape index (κ2) is 6.61. The first-order valence-corrected chi connectivity index (χ1v) is 8.66. The molecule has 1 fully saturated rings. The molecule has 0 saturated carbocycles. The molecule has 3 heterocycles. The van der Waals surface area contributed by atoms with Crippen molar-refractivity contribution in [3.05, 3.63) is 17.0 Å². The van der Waals surface area contributed by atoms with Gasteiger partial charge in [-0.15, -0.1) is 0 Å². The highest BCUT2D eigenvalue weighted by molar-refractivity contribution is 5.94. The Labute approximate surface area is 138 Å². The Bertz CT molecular complexity index is 577. The van der Waals surface area contributed by atoms with Crippen molar-refractivity contribution >= 4 is 5.91 Å². The minimum Gasteiger partial charge on any atom is -0.369 e. The molecule has 6 nitrogen and oxygen atoms in total. The molecule has 2 atom stereocenters. The predicted octanol–water partition coefficient (Wildman–Crippen LogP) is 1.61. The van der Waals surface area contributed by atoms with E-state index >= 15 is 0 Å². The molecule has 1 aromatic heterocycles. The predicted molar refractivity (Wildman–Crippen MR) is 88.5 cm³/mol. The molecule has 3 rings (SSSR count). The van der Waals surface area contributed by atoms with Gasteiger partial charge in [0.05, 0.1) is 17.9 Å². The number of hydrogen-bond donors (Lipinski definition) is 0. The average molecular weight is 320 g/mol. The minimum atomic E-state index is -0.0450. The average Bonchev–Trinajstić information content (AvgIpc) is 3.11. The van der Waals surface area contributed by atoms with Crippen molar-refractivity contribution in [1.29, 1.82) is 0 Å². The number of likely N-dealkylation sites (N-methyl/N-ethyl adjacent to an activating group) is 1. The summed E-state index contributed by atoms with van der Waals surface area (Å²) in [6.07, 6.45) is 3.40. The molecule has 128 valence electrons. The third-order valence-corrected chi connectivity index (χ3v) is 4.99. The SMILES string of the molecule is C[C@@H]1Cc2c(nn(C)c2C(=O)N(C)CCN2CCCC2)[C@H](C)O1. The van der Waals surface area contributed by atoms with E-state index in [2.05, 4.69) is 16.9 Å². The van der Waals surface area contributed by atoms with Crippen molar-refractivity contribution in [2.45, 2.75) is 45.3 Å². The Balaban J connectivity index is 1.74. The number of carbonyl (C=O) groups is 1. The van der Waals surface area contributed by atoms with Crippen molar-refractivity contribution in [2.75, 3.05) is 33.2 Å². The summed E-state index contributed by atoms with van der Waals surface area (Å²) < 4.78 is 7.56. The number of likely N-dealkylation sites (tertiary alicyclic amines) is 1. The van der Waals surface area contributed by atoms with Gasteiger partial charge < -0.3 is 14.5 Å². The minimum absolute atomic E-state index is 0.0450. The summed E-state index contributed by atoms with van der Waals surface area (Å²) in [7, 11) is 3.75. The molecule has 0 unspecified atom stereocenters. The van der Waals surface area contributed by atoms with Gasteiger partial charge in [0.2, 0.25) is 0 Å². The quantitative estimate of drug-likeness (QED) is 0.846. The van der Waals surface area contributed by atoms with Crippen LogP contribution in [0.5, 0.6) is 0 Å². The van der Waals surface area contributed by atoms with Crippen molar-refractivity contribution in [2.24, 2.45) is 7.05 Å². The zero-order valence-electron chi connectivity index (χ0n) is 14.7. The van der Waals surface area contributed by atoms with Crippen molar-refractivity contribution in [3.63, 3.8) is 0 Å². The molecule has 1 aromatic rings. The van der Waals surface area contributed by atoms with Crippen LogP contribution in [-0.2, 0) is 18.2 Å². The van der Waals surface area contributed by atoms with Crippen LogP contribution in [0.3, 0.4) is 0 Å². The zero-order chi connectivity index (χ0) is 16.6. The highest BCUT2D eigenvalue weighted by Crippen LogP contribution is 2.31. The van der Waals surface area contributed by atoms with E-state index in [4.69, 9.17) is 4.74 Å². The van der Waals surface area contributed by atoms with E-state index in [1.807, 2.05) is 25.9 Å². The van der Waals surface area contributed by atoms with Gasteiger partial charge in [0.15, 0.2) is 0 Å². The van der Waals surface area contributed by atoms with E-state index in [9.17, 15) is 4.79 Å². The molecule has 2 aliphatic heterocycles. The molecule has 1 amide bonds. The van der Waals surface area contributed by atoms with E-state index in [0.717, 1.165) is 49.6 Å². The molecule has 0 N–H and O–H groups in total. The highest BCUT2D eigenvalue weighted by atomic mass is 16.5. The Hall–Kier alpha value is -1.40. The van der Waals surface area contributed by atoms with Gasteiger partial charge in [-0.3, -0.25) is 9.48 Å². The van der Waals surface area contributed by atoms with Gasteiger partial charge in [0.1, 0.15) is 5.69 Å². The maximum atomic E-state index is 12.9. The largest absolute Gasteiger partial charge is 0.369 e. The summed E-state index contributed by atoms with van der Waals surface area (Å²) in [6.45, 7) is 8.11. The van der Waals surface area contributed by atoms with E-state index in [1.165, 1.54) is 12.8 Å². The van der Waals surface area contributed by atoms with Crippen LogP contribution in [0.4, 0.5) is 0 Å². The van der Waals surface area contributed by atoms with Crippen LogP contribution >= 0.6 is 0 Å². The van der Waals surface area contributed by atoms with Crippen molar-refractivity contribution in [3.8, 4) is 0 Å². The van der Waals surface area contributed by atoms with Crippen LogP contribution in [0.15, 0.2) is 0 Å². The van der Waals surface area contributed by atoms with E-state index in [1.54, 1.807) is 4.68 Å². The summed E-state index contributed by atoms with van der Waals surface area (Å²) in [6, 6.07) is 0. The number of aromatic nitrogens is 2. The van der Waals surface area contributed by atoms with Gasteiger partial charge in [-0.2, -0.15) is 5.10 Å². The molecule has 1 saturated heterocycles. The third-order valence-electron chi connectivity index (χ3n) is 4.99. The lowest BCUT2D eigenvalue weighted by Crippen LogP contribution is -2.36.